The lowest BCUT2D eigenvalue weighted by atomic mass is 10.2. The molecule has 1 aliphatic carbocycles. The Hall–Kier alpha value is -2.02. The molecule has 122 valence electrons. The van der Waals surface area contributed by atoms with Gasteiger partial charge in [0.1, 0.15) is 6.10 Å². The van der Waals surface area contributed by atoms with Crippen LogP contribution in [0.1, 0.15) is 60.6 Å². The third-order valence-corrected chi connectivity index (χ3v) is 4.59. The zero-order valence-electron chi connectivity index (χ0n) is 13.5. The number of nitrogens with one attached hydrogen (secondary N) is 2. The first-order valence-corrected chi connectivity index (χ1v) is 8.31. The summed E-state index contributed by atoms with van der Waals surface area (Å²) < 4.78 is 6.08. The van der Waals surface area contributed by atoms with Crippen LogP contribution in [0.15, 0.2) is 6.20 Å². The standard InChI is InChI=1S/C16H22N6O/c1-9-7-17-16(19-10(9)2)18-8-12-5-6-13(23-12)15-20-14(21-22-15)11-3-4-11/h7,11-13H,3-6,8H2,1-2H3,(H,17,18,19)(H,20,21,22)/t12-,13+/m1/s1. The first-order chi connectivity index (χ1) is 11.2. The summed E-state index contributed by atoms with van der Waals surface area (Å²) in [5, 5.41) is 10.6. The fourth-order valence-electron chi connectivity index (χ4n) is 2.83. The van der Waals surface area contributed by atoms with E-state index in [-0.39, 0.29) is 12.2 Å². The van der Waals surface area contributed by atoms with Gasteiger partial charge in [0, 0.05) is 24.4 Å². The Morgan fingerprint density at radius 3 is 2.87 bits per heavy atom. The summed E-state index contributed by atoms with van der Waals surface area (Å²) in [6.07, 6.45) is 6.43. The molecule has 3 heterocycles. The number of anilines is 1. The van der Waals surface area contributed by atoms with E-state index in [2.05, 4.69) is 30.5 Å². The number of ether oxygens (including phenoxy) is 1. The summed E-state index contributed by atoms with van der Waals surface area (Å²) in [5.41, 5.74) is 2.10. The van der Waals surface area contributed by atoms with Gasteiger partial charge in [-0.1, -0.05) is 0 Å². The van der Waals surface area contributed by atoms with Gasteiger partial charge in [-0.2, -0.15) is 5.10 Å². The number of nitrogens with zero attached hydrogens (tertiary/aromatic N) is 4. The van der Waals surface area contributed by atoms with E-state index in [1.807, 2.05) is 20.0 Å². The number of H-pyrrole nitrogens is 1. The molecule has 1 aliphatic heterocycles. The van der Waals surface area contributed by atoms with Crippen LogP contribution in [0.25, 0.3) is 0 Å². The van der Waals surface area contributed by atoms with Crippen molar-refractivity contribution in [3.05, 3.63) is 29.1 Å². The van der Waals surface area contributed by atoms with E-state index in [0.29, 0.717) is 18.4 Å². The highest BCUT2D eigenvalue weighted by Gasteiger charge is 2.32. The van der Waals surface area contributed by atoms with E-state index in [0.717, 1.165) is 35.7 Å². The van der Waals surface area contributed by atoms with Gasteiger partial charge >= 0.3 is 0 Å². The third kappa shape index (κ3) is 3.19. The molecule has 23 heavy (non-hydrogen) atoms. The highest BCUT2D eigenvalue weighted by molar-refractivity contribution is 5.28. The first-order valence-electron chi connectivity index (χ1n) is 8.31. The lowest BCUT2D eigenvalue weighted by Crippen LogP contribution is -2.20. The molecule has 2 aromatic rings. The van der Waals surface area contributed by atoms with Gasteiger partial charge in [0.25, 0.3) is 0 Å². The van der Waals surface area contributed by atoms with Crippen LogP contribution in [0.3, 0.4) is 0 Å². The van der Waals surface area contributed by atoms with Crippen molar-refractivity contribution in [1.82, 2.24) is 25.1 Å². The Kier molecular flexibility index (Phi) is 3.72. The van der Waals surface area contributed by atoms with Crippen LogP contribution < -0.4 is 5.32 Å². The van der Waals surface area contributed by atoms with Gasteiger partial charge in [-0.3, -0.25) is 5.10 Å². The summed E-state index contributed by atoms with van der Waals surface area (Å²) in [5.74, 6) is 3.06. The molecule has 1 saturated heterocycles. The molecular weight excluding hydrogens is 292 g/mol. The second-order valence-electron chi connectivity index (χ2n) is 6.52. The minimum Gasteiger partial charge on any atom is -0.365 e. The van der Waals surface area contributed by atoms with Gasteiger partial charge in [-0.25, -0.2) is 15.0 Å². The van der Waals surface area contributed by atoms with Crippen molar-refractivity contribution < 1.29 is 4.74 Å². The second kappa shape index (κ2) is 5.88. The molecule has 0 bridgehead atoms. The Morgan fingerprint density at radius 2 is 2.09 bits per heavy atom. The molecule has 7 heteroatoms. The molecule has 2 aromatic heterocycles. The second-order valence-corrected chi connectivity index (χ2v) is 6.52. The summed E-state index contributed by atoms with van der Waals surface area (Å²) in [6.45, 7) is 4.71. The van der Waals surface area contributed by atoms with Crippen LogP contribution in [0.2, 0.25) is 0 Å². The monoisotopic (exact) mass is 314 g/mol. The highest BCUT2D eigenvalue weighted by atomic mass is 16.5. The number of hydrogen-bond donors (Lipinski definition) is 2. The molecule has 7 nitrogen and oxygen atoms in total. The maximum absolute atomic E-state index is 6.08. The Labute approximate surface area is 135 Å². The van der Waals surface area contributed by atoms with Crippen molar-refractivity contribution in [1.29, 1.82) is 0 Å². The van der Waals surface area contributed by atoms with Gasteiger partial charge < -0.3 is 10.1 Å². The van der Waals surface area contributed by atoms with Crippen LogP contribution in [-0.4, -0.2) is 37.8 Å². The van der Waals surface area contributed by atoms with Crippen molar-refractivity contribution in [3.63, 3.8) is 0 Å². The molecule has 2 aliphatic rings. The van der Waals surface area contributed by atoms with Crippen molar-refractivity contribution in [2.24, 2.45) is 0 Å². The maximum atomic E-state index is 6.08. The number of rotatable bonds is 5. The topological polar surface area (TPSA) is 88.6 Å². The van der Waals surface area contributed by atoms with Crippen LogP contribution in [-0.2, 0) is 4.74 Å². The van der Waals surface area contributed by atoms with Gasteiger partial charge in [-0.15, -0.1) is 0 Å². The summed E-state index contributed by atoms with van der Waals surface area (Å²) >= 11 is 0. The molecule has 0 aromatic carbocycles. The van der Waals surface area contributed by atoms with Gasteiger partial charge in [0.05, 0.1) is 6.10 Å². The Bertz CT molecular complexity index is 696. The minimum absolute atomic E-state index is 0.0301. The molecular formula is C16H22N6O. The number of aryl methyl sites for hydroxylation is 2. The fraction of sp³-hybridized carbons (Fsp3) is 0.625. The highest BCUT2D eigenvalue weighted by Crippen LogP contribution is 2.39. The third-order valence-electron chi connectivity index (χ3n) is 4.59. The zero-order chi connectivity index (χ0) is 15.8. The predicted molar refractivity (Wildman–Crippen MR) is 85.2 cm³/mol. The average Bonchev–Trinajstić information content (AvgIpc) is 3.10. The van der Waals surface area contributed by atoms with Crippen LogP contribution >= 0.6 is 0 Å². The molecule has 1 saturated carbocycles. The number of aromatic amines is 1. The van der Waals surface area contributed by atoms with Crippen LogP contribution in [0, 0.1) is 13.8 Å². The largest absolute Gasteiger partial charge is 0.365 e. The minimum atomic E-state index is 0.0301. The fourth-order valence-corrected chi connectivity index (χ4v) is 2.83. The van der Waals surface area contributed by atoms with E-state index >= 15 is 0 Å². The normalized spacial score (nSPS) is 24.1. The zero-order valence-corrected chi connectivity index (χ0v) is 13.5. The lowest BCUT2D eigenvalue weighted by molar-refractivity contribution is 0.0471. The maximum Gasteiger partial charge on any atom is 0.222 e. The summed E-state index contributed by atoms with van der Waals surface area (Å²) in [7, 11) is 0. The predicted octanol–water partition coefficient (Wildman–Crippen LogP) is 2.42. The van der Waals surface area contributed by atoms with Crippen molar-refractivity contribution in [2.75, 3.05) is 11.9 Å². The average molecular weight is 314 g/mol. The van der Waals surface area contributed by atoms with Crippen molar-refractivity contribution in [3.8, 4) is 0 Å². The summed E-state index contributed by atoms with van der Waals surface area (Å²) in [4.78, 5) is 13.3. The Morgan fingerprint density at radius 1 is 1.22 bits per heavy atom. The van der Waals surface area contributed by atoms with Crippen LogP contribution in [0.4, 0.5) is 5.95 Å². The van der Waals surface area contributed by atoms with E-state index in [1.54, 1.807) is 0 Å². The Balaban J connectivity index is 1.31. The van der Waals surface area contributed by atoms with E-state index < -0.39 is 0 Å². The molecule has 2 fully saturated rings. The molecule has 0 spiro atoms. The molecule has 0 unspecified atom stereocenters. The van der Waals surface area contributed by atoms with Gasteiger partial charge in [-0.05, 0) is 45.1 Å². The number of aromatic nitrogens is 5. The smallest absolute Gasteiger partial charge is 0.222 e. The first kappa shape index (κ1) is 14.6. The molecule has 4 rings (SSSR count). The summed E-state index contributed by atoms with van der Waals surface area (Å²) in [6, 6.07) is 0. The number of hydrogen-bond acceptors (Lipinski definition) is 6. The quantitative estimate of drug-likeness (QED) is 0.881. The van der Waals surface area contributed by atoms with Gasteiger partial charge in [0.15, 0.2) is 11.6 Å². The molecule has 0 radical (unpaired) electrons. The van der Waals surface area contributed by atoms with E-state index in [9.17, 15) is 0 Å². The lowest BCUT2D eigenvalue weighted by Gasteiger charge is -2.13. The van der Waals surface area contributed by atoms with Crippen LogP contribution in [0.5, 0.6) is 0 Å². The SMILES string of the molecule is Cc1cnc(NC[C@H]2CC[C@@H](c3nc(C4CC4)n[nH]3)O2)nc1C. The van der Waals surface area contributed by atoms with Crippen molar-refractivity contribution in [2.45, 2.75) is 57.7 Å². The molecule has 2 N–H and O–H groups in total. The van der Waals surface area contributed by atoms with Gasteiger partial charge in [0.2, 0.25) is 5.95 Å². The van der Waals surface area contributed by atoms with E-state index in [4.69, 9.17) is 4.74 Å². The molecule has 2 atom stereocenters. The van der Waals surface area contributed by atoms with E-state index in [1.165, 1.54) is 12.8 Å². The molecule has 0 amide bonds. The van der Waals surface area contributed by atoms with Crippen molar-refractivity contribution >= 4 is 5.95 Å².